The van der Waals surface area contributed by atoms with Crippen LogP contribution in [-0.4, -0.2) is 24.3 Å². The molecule has 0 amide bonds. The Labute approximate surface area is 177 Å². The molecule has 1 aliphatic heterocycles. The zero-order valence-electron chi connectivity index (χ0n) is 16.4. The van der Waals surface area contributed by atoms with Gasteiger partial charge < -0.3 is 0 Å². The molecule has 1 saturated heterocycles. The highest BCUT2D eigenvalue weighted by atomic mass is 32.2. The maximum atomic E-state index is 13.5. The molecular weight excluding hydrogens is 400 g/mol. The van der Waals surface area contributed by atoms with Gasteiger partial charge in [-0.15, -0.1) is 0 Å². The lowest BCUT2D eigenvalue weighted by Gasteiger charge is -2.35. The molecule has 0 saturated carbocycles. The number of benzene rings is 2. The molecule has 0 N–H and O–H groups in total. The molecule has 0 aliphatic carbocycles. The third-order valence-corrected chi connectivity index (χ3v) is 8.16. The minimum absolute atomic E-state index is 0.199. The molecule has 0 bridgehead atoms. The fraction of sp³-hybridized carbons (Fsp3) is 0.261. The van der Waals surface area contributed by atoms with Crippen molar-refractivity contribution in [3.8, 4) is 0 Å². The maximum Gasteiger partial charge on any atom is 0.243 e. The predicted molar refractivity (Wildman–Crippen MR) is 116 cm³/mol. The van der Waals surface area contributed by atoms with Crippen molar-refractivity contribution in [1.29, 1.82) is 0 Å². The van der Waals surface area contributed by atoms with E-state index in [-0.39, 0.29) is 6.04 Å². The van der Waals surface area contributed by atoms with Crippen molar-refractivity contribution >= 4 is 21.8 Å². The summed E-state index contributed by atoms with van der Waals surface area (Å²) in [7, 11) is -3.57. The molecule has 0 radical (unpaired) electrons. The quantitative estimate of drug-likeness (QED) is 0.546. The van der Waals surface area contributed by atoms with Gasteiger partial charge in [0.15, 0.2) is 0 Å². The molecule has 1 aliphatic rings. The van der Waals surface area contributed by atoms with Crippen LogP contribution in [0.2, 0.25) is 0 Å². The first-order valence-electron chi connectivity index (χ1n) is 9.82. The first-order chi connectivity index (χ1) is 14.1. The maximum absolute atomic E-state index is 13.5. The van der Waals surface area contributed by atoms with E-state index in [4.69, 9.17) is 0 Å². The van der Waals surface area contributed by atoms with Crippen LogP contribution in [-0.2, 0) is 10.0 Å². The Morgan fingerprint density at radius 2 is 1.72 bits per heavy atom. The molecule has 150 valence electrons. The zero-order chi connectivity index (χ0) is 20.3. The Morgan fingerprint density at radius 1 is 0.966 bits per heavy atom. The van der Waals surface area contributed by atoms with E-state index in [2.05, 4.69) is 4.98 Å². The smallest absolute Gasteiger partial charge is 0.243 e. The monoisotopic (exact) mass is 424 g/mol. The fourth-order valence-electron chi connectivity index (χ4n) is 3.69. The van der Waals surface area contributed by atoms with Crippen LogP contribution in [0.3, 0.4) is 0 Å². The van der Waals surface area contributed by atoms with Crippen LogP contribution in [0.15, 0.2) is 87.7 Å². The van der Waals surface area contributed by atoms with Crippen LogP contribution in [0, 0.1) is 6.92 Å². The average molecular weight is 425 g/mol. The van der Waals surface area contributed by atoms with Gasteiger partial charge >= 0.3 is 0 Å². The van der Waals surface area contributed by atoms with E-state index < -0.39 is 10.0 Å². The standard InChI is InChI=1S/C23H24N2O2S2/c1-18-12-14-20(15-13-18)29(26,27)25-17-6-5-11-22(25)21-10-7-16-24-23(21)28-19-8-3-2-4-9-19/h2-4,7-10,12-16,22H,5-6,11,17H2,1H3/t22-/m1/s1. The van der Waals surface area contributed by atoms with Crippen molar-refractivity contribution < 1.29 is 8.42 Å². The molecule has 2 heterocycles. The Kier molecular flexibility index (Phi) is 6.04. The van der Waals surface area contributed by atoms with Crippen molar-refractivity contribution in [1.82, 2.24) is 9.29 Å². The van der Waals surface area contributed by atoms with Crippen LogP contribution in [0.4, 0.5) is 0 Å². The van der Waals surface area contributed by atoms with Gasteiger partial charge in [-0.2, -0.15) is 4.31 Å². The Balaban J connectivity index is 1.71. The van der Waals surface area contributed by atoms with Crippen LogP contribution >= 0.6 is 11.8 Å². The Hall–Kier alpha value is -2.15. The predicted octanol–water partition coefficient (Wildman–Crippen LogP) is 5.46. The number of aromatic nitrogens is 1. The number of aryl methyl sites for hydroxylation is 1. The molecular formula is C23H24N2O2S2. The van der Waals surface area contributed by atoms with E-state index in [1.54, 1.807) is 34.4 Å². The molecule has 1 aromatic heterocycles. The van der Waals surface area contributed by atoms with Crippen molar-refractivity contribution in [3.63, 3.8) is 0 Å². The molecule has 29 heavy (non-hydrogen) atoms. The average Bonchev–Trinajstić information content (AvgIpc) is 2.75. The lowest BCUT2D eigenvalue weighted by atomic mass is 9.99. The van der Waals surface area contributed by atoms with Gasteiger partial charge in [-0.3, -0.25) is 0 Å². The molecule has 0 spiro atoms. The second-order valence-electron chi connectivity index (χ2n) is 7.25. The number of piperidine rings is 1. The number of rotatable bonds is 5. The van der Waals surface area contributed by atoms with Crippen LogP contribution in [0.5, 0.6) is 0 Å². The van der Waals surface area contributed by atoms with Crippen LogP contribution in [0.25, 0.3) is 0 Å². The molecule has 4 nitrogen and oxygen atoms in total. The largest absolute Gasteiger partial charge is 0.249 e. The summed E-state index contributed by atoms with van der Waals surface area (Å²) in [6, 6.07) is 20.9. The molecule has 3 aromatic rings. The molecule has 4 rings (SSSR count). The lowest BCUT2D eigenvalue weighted by molar-refractivity contribution is 0.252. The summed E-state index contributed by atoms with van der Waals surface area (Å²) < 4.78 is 28.6. The Bertz CT molecular complexity index is 1070. The number of pyridine rings is 1. The minimum atomic E-state index is -3.57. The van der Waals surface area contributed by atoms with E-state index in [9.17, 15) is 8.42 Å². The number of hydrogen-bond donors (Lipinski definition) is 0. The zero-order valence-corrected chi connectivity index (χ0v) is 18.0. The number of nitrogens with zero attached hydrogens (tertiary/aromatic N) is 2. The van der Waals surface area contributed by atoms with E-state index in [1.165, 1.54) is 0 Å². The van der Waals surface area contributed by atoms with Gasteiger partial charge in [0.05, 0.1) is 10.9 Å². The summed E-state index contributed by atoms with van der Waals surface area (Å²) in [6.45, 7) is 2.49. The van der Waals surface area contributed by atoms with Gasteiger partial charge in [-0.05, 0) is 50.1 Å². The summed E-state index contributed by atoms with van der Waals surface area (Å²) >= 11 is 1.59. The normalized spacial score (nSPS) is 17.9. The topological polar surface area (TPSA) is 50.3 Å². The van der Waals surface area contributed by atoms with Gasteiger partial charge in [-0.25, -0.2) is 13.4 Å². The minimum Gasteiger partial charge on any atom is -0.249 e. The van der Waals surface area contributed by atoms with Gasteiger partial charge in [0.1, 0.15) is 5.03 Å². The van der Waals surface area contributed by atoms with Crippen molar-refractivity contribution in [2.45, 2.75) is 47.0 Å². The lowest BCUT2D eigenvalue weighted by Crippen LogP contribution is -2.38. The van der Waals surface area contributed by atoms with Gasteiger partial charge in [0.2, 0.25) is 10.0 Å². The molecule has 1 fully saturated rings. The van der Waals surface area contributed by atoms with E-state index in [0.29, 0.717) is 11.4 Å². The van der Waals surface area contributed by atoms with E-state index in [1.807, 2.05) is 61.5 Å². The third kappa shape index (κ3) is 4.39. The Morgan fingerprint density at radius 3 is 2.48 bits per heavy atom. The SMILES string of the molecule is Cc1ccc(S(=O)(=O)N2CCCC[C@@H]2c2cccnc2Sc2ccccc2)cc1. The van der Waals surface area contributed by atoms with E-state index in [0.717, 1.165) is 40.3 Å². The number of hydrogen-bond acceptors (Lipinski definition) is 4. The molecule has 0 unspecified atom stereocenters. The highest BCUT2D eigenvalue weighted by molar-refractivity contribution is 7.99. The van der Waals surface area contributed by atoms with Crippen molar-refractivity contribution in [2.24, 2.45) is 0 Å². The molecule has 6 heteroatoms. The first kappa shape index (κ1) is 20.1. The summed E-state index contributed by atoms with van der Waals surface area (Å²) in [4.78, 5) is 6.04. The molecule has 1 atom stereocenters. The van der Waals surface area contributed by atoms with Gasteiger partial charge in [0, 0.05) is 23.2 Å². The van der Waals surface area contributed by atoms with E-state index >= 15 is 0 Å². The third-order valence-electron chi connectivity index (χ3n) is 5.20. The second-order valence-corrected chi connectivity index (χ2v) is 10.2. The second kappa shape index (κ2) is 8.69. The highest BCUT2D eigenvalue weighted by Crippen LogP contribution is 2.40. The van der Waals surface area contributed by atoms with Gasteiger partial charge in [0.25, 0.3) is 0 Å². The molecule has 2 aromatic carbocycles. The summed E-state index contributed by atoms with van der Waals surface area (Å²) in [6.07, 6.45) is 4.47. The highest BCUT2D eigenvalue weighted by Gasteiger charge is 2.35. The van der Waals surface area contributed by atoms with Crippen LogP contribution in [0.1, 0.15) is 36.4 Å². The number of sulfonamides is 1. The van der Waals surface area contributed by atoms with Crippen molar-refractivity contribution in [3.05, 3.63) is 84.1 Å². The van der Waals surface area contributed by atoms with Crippen molar-refractivity contribution in [2.75, 3.05) is 6.54 Å². The fourth-order valence-corrected chi connectivity index (χ4v) is 6.32. The summed E-state index contributed by atoms with van der Waals surface area (Å²) in [5, 5.41) is 0.870. The first-order valence-corrected chi connectivity index (χ1v) is 12.1. The van der Waals surface area contributed by atoms with Crippen LogP contribution < -0.4 is 0 Å². The summed E-state index contributed by atoms with van der Waals surface area (Å²) in [5.74, 6) is 0. The van der Waals surface area contributed by atoms with Gasteiger partial charge in [-0.1, -0.05) is 60.1 Å². The summed E-state index contributed by atoms with van der Waals surface area (Å²) in [5.41, 5.74) is 2.03.